The van der Waals surface area contributed by atoms with Crippen molar-refractivity contribution in [2.45, 2.75) is 24.3 Å². The normalized spacial score (nSPS) is 12.9. The van der Waals surface area contributed by atoms with Gasteiger partial charge in [-0.25, -0.2) is 4.98 Å². The molecule has 0 aromatic carbocycles. The van der Waals surface area contributed by atoms with Gasteiger partial charge in [0.25, 0.3) is 0 Å². The number of rotatable bonds is 3. The lowest BCUT2D eigenvalue weighted by atomic mass is 10.3. The molecule has 1 atom stereocenters. The third-order valence-electron chi connectivity index (χ3n) is 1.25. The van der Waals surface area contributed by atoms with Crippen molar-refractivity contribution in [3.8, 4) is 0 Å². The van der Waals surface area contributed by atoms with Gasteiger partial charge in [-0.3, -0.25) is 9.89 Å². The van der Waals surface area contributed by atoms with Crippen LogP contribution in [-0.2, 0) is 4.79 Å². The highest BCUT2D eigenvalue weighted by molar-refractivity contribution is 8.00. The van der Waals surface area contributed by atoms with Gasteiger partial charge in [0.2, 0.25) is 0 Å². The lowest BCUT2D eigenvalue weighted by molar-refractivity contribution is -0.116. The van der Waals surface area contributed by atoms with Crippen LogP contribution in [0.1, 0.15) is 13.8 Å². The summed E-state index contributed by atoms with van der Waals surface area (Å²) in [5.41, 5.74) is 0. The molecule has 0 saturated carbocycles. The summed E-state index contributed by atoms with van der Waals surface area (Å²) in [6, 6.07) is 0. The quantitative estimate of drug-likeness (QED) is 0.686. The summed E-state index contributed by atoms with van der Waals surface area (Å²) in [4.78, 5) is 14.7. The summed E-state index contributed by atoms with van der Waals surface area (Å²) in [6.45, 7) is 3.41. The number of hydrogen-bond acceptors (Lipinski definition) is 4. The topological polar surface area (TPSA) is 58.6 Å². The highest BCUT2D eigenvalue weighted by atomic mass is 32.2. The van der Waals surface area contributed by atoms with Gasteiger partial charge in [-0.15, -0.1) is 0 Å². The summed E-state index contributed by atoms with van der Waals surface area (Å²) in [5.74, 6) is 0.145. The first-order valence-electron chi connectivity index (χ1n) is 3.22. The van der Waals surface area contributed by atoms with E-state index in [1.807, 2.05) is 6.92 Å². The number of hydrogen-bond donors (Lipinski definition) is 1. The van der Waals surface area contributed by atoms with Gasteiger partial charge in [-0.2, -0.15) is 5.10 Å². The molecule has 1 N–H and O–H groups in total. The van der Waals surface area contributed by atoms with Crippen LogP contribution >= 0.6 is 11.8 Å². The SMILES string of the molecule is CC(=O)C(C)Sc1ncn[nH]1. The Morgan fingerprint density at radius 3 is 3.00 bits per heavy atom. The minimum atomic E-state index is -0.0528. The Balaban J connectivity index is 2.50. The van der Waals surface area contributed by atoms with E-state index in [4.69, 9.17) is 0 Å². The third kappa shape index (κ3) is 2.34. The van der Waals surface area contributed by atoms with Crippen molar-refractivity contribution >= 4 is 17.5 Å². The Morgan fingerprint density at radius 2 is 2.55 bits per heavy atom. The molecule has 0 aliphatic heterocycles. The van der Waals surface area contributed by atoms with Crippen molar-refractivity contribution < 1.29 is 4.79 Å². The summed E-state index contributed by atoms with van der Waals surface area (Å²) < 4.78 is 0. The van der Waals surface area contributed by atoms with Gasteiger partial charge in [-0.1, -0.05) is 11.8 Å². The predicted octanol–water partition coefficient (Wildman–Crippen LogP) is 0.874. The van der Waals surface area contributed by atoms with Crippen LogP contribution in [-0.4, -0.2) is 26.2 Å². The fourth-order valence-electron chi connectivity index (χ4n) is 0.501. The van der Waals surface area contributed by atoms with E-state index in [1.165, 1.54) is 18.1 Å². The molecule has 1 heterocycles. The van der Waals surface area contributed by atoms with Crippen LogP contribution in [0, 0.1) is 0 Å². The molecule has 11 heavy (non-hydrogen) atoms. The zero-order chi connectivity index (χ0) is 8.27. The van der Waals surface area contributed by atoms with Crippen LogP contribution in [0.5, 0.6) is 0 Å². The number of thioether (sulfide) groups is 1. The van der Waals surface area contributed by atoms with Crippen LogP contribution in [0.25, 0.3) is 0 Å². The molecule has 1 aromatic rings. The summed E-state index contributed by atoms with van der Waals surface area (Å²) >= 11 is 1.38. The first-order chi connectivity index (χ1) is 5.20. The monoisotopic (exact) mass is 171 g/mol. The van der Waals surface area contributed by atoms with E-state index in [2.05, 4.69) is 15.2 Å². The molecule has 0 saturated heterocycles. The van der Waals surface area contributed by atoms with E-state index in [1.54, 1.807) is 6.92 Å². The van der Waals surface area contributed by atoms with E-state index in [-0.39, 0.29) is 11.0 Å². The summed E-state index contributed by atoms with van der Waals surface area (Å²) in [7, 11) is 0. The number of ketones is 1. The Morgan fingerprint density at radius 1 is 1.82 bits per heavy atom. The maximum atomic E-state index is 10.8. The van der Waals surface area contributed by atoms with Crippen LogP contribution in [0.4, 0.5) is 0 Å². The smallest absolute Gasteiger partial charge is 0.184 e. The summed E-state index contributed by atoms with van der Waals surface area (Å²) in [6.07, 6.45) is 1.43. The van der Waals surface area contributed by atoms with Gasteiger partial charge >= 0.3 is 0 Å². The lowest BCUT2D eigenvalue weighted by Gasteiger charge is -2.01. The van der Waals surface area contributed by atoms with Crippen LogP contribution in [0.2, 0.25) is 0 Å². The zero-order valence-electron chi connectivity index (χ0n) is 6.37. The molecule has 0 radical (unpaired) electrons. The van der Waals surface area contributed by atoms with E-state index in [0.29, 0.717) is 5.16 Å². The molecular weight excluding hydrogens is 162 g/mol. The van der Waals surface area contributed by atoms with E-state index < -0.39 is 0 Å². The van der Waals surface area contributed by atoms with Gasteiger partial charge in [0.15, 0.2) is 5.16 Å². The first kappa shape index (κ1) is 8.26. The first-order valence-corrected chi connectivity index (χ1v) is 4.10. The van der Waals surface area contributed by atoms with E-state index >= 15 is 0 Å². The molecule has 60 valence electrons. The predicted molar refractivity (Wildman–Crippen MR) is 42.4 cm³/mol. The highest BCUT2D eigenvalue weighted by Gasteiger charge is 2.10. The third-order valence-corrected chi connectivity index (χ3v) is 2.36. The minimum Gasteiger partial charge on any atom is -0.299 e. The Hall–Kier alpha value is -0.840. The molecule has 1 unspecified atom stereocenters. The van der Waals surface area contributed by atoms with E-state index in [0.717, 1.165) is 0 Å². The summed E-state index contributed by atoms with van der Waals surface area (Å²) in [5, 5.41) is 6.97. The second kappa shape index (κ2) is 3.52. The van der Waals surface area contributed by atoms with Crippen molar-refractivity contribution in [2.75, 3.05) is 0 Å². The molecule has 0 aliphatic rings. The fourth-order valence-corrected chi connectivity index (χ4v) is 1.22. The van der Waals surface area contributed by atoms with E-state index in [9.17, 15) is 4.79 Å². The Labute approximate surface area is 68.8 Å². The minimum absolute atomic E-state index is 0.0528. The van der Waals surface area contributed by atoms with Gasteiger partial charge in [-0.05, 0) is 13.8 Å². The molecule has 0 bridgehead atoms. The maximum Gasteiger partial charge on any atom is 0.184 e. The molecule has 4 nitrogen and oxygen atoms in total. The van der Waals surface area contributed by atoms with Gasteiger partial charge in [0.1, 0.15) is 12.1 Å². The number of nitrogens with zero attached hydrogens (tertiary/aromatic N) is 2. The molecule has 0 aliphatic carbocycles. The van der Waals surface area contributed by atoms with Gasteiger partial charge in [0, 0.05) is 0 Å². The standard InChI is InChI=1S/C6H9N3OS/c1-4(10)5(2)11-6-7-3-8-9-6/h3,5H,1-2H3,(H,7,8,9). The van der Waals surface area contributed by atoms with Crippen LogP contribution < -0.4 is 0 Å². The maximum absolute atomic E-state index is 10.8. The fraction of sp³-hybridized carbons (Fsp3) is 0.500. The van der Waals surface area contributed by atoms with Crippen molar-refractivity contribution in [3.05, 3.63) is 6.33 Å². The lowest BCUT2D eigenvalue weighted by Crippen LogP contribution is -2.07. The number of aromatic amines is 1. The van der Waals surface area contributed by atoms with Gasteiger partial charge < -0.3 is 0 Å². The molecule has 0 amide bonds. The second-order valence-corrected chi connectivity index (χ2v) is 3.49. The van der Waals surface area contributed by atoms with Crippen molar-refractivity contribution in [2.24, 2.45) is 0 Å². The molecule has 5 heteroatoms. The molecule has 1 aromatic heterocycles. The largest absolute Gasteiger partial charge is 0.299 e. The van der Waals surface area contributed by atoms with Crippen molar-refractivity contribution in [1.29, 1.82) is 0 Å². The Bertz CT molecular complexity index is 234. The number of carbonyl (C=O) groups is 1. The highest BCUT2D eigenvalue weighted by Crippen LogP contribution is 2.17. The number of carbonyl (C=O) groups excluding carboxylic acids is 1. The molecule has 1 rings (SSSR count). The average molecular weight is 171 g/mol. The average Bonchev–Trinajstić information content (AvgIpc) is 2.39. The number of nitrogens with one attached hydrogen (secondary N) is 1. The second-order valence-electron chi connectivity index (χ2n) is 2.16. The number of Topliss-reactive ketones (excluding diaryl/α,β-unsaturated/α-hetero) is 1. The van der Waals surface area contributed by atoms with Crippen LogP contribution in [0.15, 0.2) is 11.5 Å². The van der Waals surface area contributed by atoms with Crippen LogP contribution in [0.3, 0.4) is 0 Å². The number of aromatic nitrogens is 3. The van der Waals surface area contributed by atoms with Gasteiger partial charge in [0.05, 0.1) is 5.25 Å². The zero-order valence-corrected chi connectivity index (χ0v) is 7.18. The van der Waals surface area contributed by atoms with Crippen molar-refractivity contribution in [1.82, 2.24) is 15.2 Å². The molecule has 0 fully saturated rings. The molecular formula is C6H9N3OS. The Kier molecular flexibility index (Phi) is 2.64. The molecule has 0 spiro atoms. The van der Waals surface area contributed by atoms with Crippen molar-refractivity contribution in [3.63, 3.8) is 0 Å². The number of H-pyrrole nitrogens is 1.